The minimum Gasteiger partial charge on any atom is -0.445 e. The molecule has 0 aliphatic carbocycles. The smallest absolute Gasteiger partial charge is 0.416 e. The molecule has 0 bridgehead atoms. The molecule has 8 rings (SSSR count). The van der Waals surface area contributed by atoms with Crippen molar-refractivity contribution in [3.8, 4) is 0 Å². The fourth-order valence-electron chi connectivity index (χ4n) is 11.3. The van der Waals surface area contributed by atoms with E-state index in [2.05, 4.69) is 53.6 Å². The van der Waals surface area contributed by atoms with Crippen molar-refractivity contribution in [2.24, 2.45) is 24.6 Å². The van der Waals surface area contributed by atoms with E-state index in [1.165, 1.54) is 22.9 Å². The molecule has 6 heterocycles. The second kappa shape index (κ2) is 29.0. The van der Waals surface area contributed by atoms with E-state index >= 15 is 0 Å². The number of halogens is 3. The standard InChI is InChI=1S/C60H77F3N14O11/c1-36(2)53(71-49(78)13-7-6-8-22-76-51(80)18-19-52(76)81)55(83)68-45(12-9-20-65-57(64)85)54(82)67-41-16-14-38(15-17-41)32-88-58(86)73(4)31-50(79)70-46-25-40(59(33-87-34-59)27-48-72-66-35-74(48)5)26-47(69-46)77-30-43-42(56(77)84)23-39(24-44(43)60(61,62)63)29-75-21-10-11-37(3)28-75/h14-17,23-26,35-37,45,53H,6-13,18-22,27-34H2,1-5H3,(H,67,82)(H,68,83)(H,71,78)(H3,64,65,85)(H,69,70,79)/t37-,45-,53-/m0/s1. The number of imide groups is 1. The average Bonchev–Trinajstić information content (AvgIpc) is 3.10. The maximum absolute atomic E-state index is 14.9. The second-order valence-corrected chi connectivity index (χ2v) is 23.6. The van der Waals surface area contributed by atoms with E-state index in [9.17, 15) is 56.3 Å². The Kier molecular flexibility index (Phi) is 21.6. The van der Waals surface area contributed by atoms with E-state index in [0.717, 1.165) is 36.9 Å². The number of primary amides is 1. The van der Waals surface area contributed by atoms with Gasteiger partial charge in [0.25, 0.3) is 5.91 Å². The van der Waals surface area contributed by atoms with Crippen molar-refractivity contribution in [3.63, 3.8) is 0 Å². The summed E-state index contributed by atoms with van der Waals surface area (Å²) >= 11 is 0. The normalized spacial score (nSPS) is 17.2. The first-order valence-electron chi connectivity index (χ1n) is 29.6. The van der Waals surface area contributed by atoms with Gasteiger partial charge in [-0.3, -0.25) is 48.3 Å². The Hall–Kier alpha value is -8.53. The zero-order chi connectivity index (χ0) is 63.5. The summed E-state index contributed by atoms with van der Waals surface area (Å²) in [5, 5.41) is 21.7. The van der Waals surface area contributed by atoms with Crippen molar-refractivity contribution < 1.29 is 65.8 Å². The van der Waals surface area contributed by atoms with Crippen molar-refractivity contribution in [1.82, 2.24) is 50.4 Å². The van der Waals surface area contributed by atoms with Crippen molar-refractivity contribution in [3.05, 3.63) is 94.1 Å². The molecule has 25 nitrogen and oxygen atoms in total. The molecule has 2 aromatic heterocycles. The zero-order valence-corrected chi connectivity index (χ0v) is 50.1. The van der Waals surface area contributed by atoms with Crippen molar-refractivity contribution >= 4 is 70.8 Å². The van der Waals surface area contributed by atoms with Gasteiger partial charge < -0.3 is 51.3 Å². The summed E-state index contributed by atoms with van der Waals surface area (Å²) < 4.78 is 57.6. The van der Waals surface area contributed by atoms with Gasteiger partial charge in [-0.05, 0) is 116 Å². The lowest BCUT2D eigenvalue weighted by molar-refractivity contribution is -0.139. The van der Waals surface area contributed by atoms with Crippen LogP contribution in [-0.2, 0) is 83.0 Å². The molecule has 3 atom stereocenters. The number of benzene rings is 2. The summed E-state index contributed by atoms with van der Waals surface area (Å²) in [6.07, 6.45) is 0.566. The number of fused-ring (bicyclic) bond motifs is 1. The lowest BCUT2D eigenvalue weighted by Gasteiger charge is -2.42. The Bertz CT molecular complexity index is 3230. The second-order valence-electron chi connectivity index (χ2n) is 23.6. The van der Waals surface area contributed by atoms with E-state index in [4.69, 9.17) is 15.2 Å². The maximum Gasteiger partial charge on any atom is 0.416 e. The molecule has 28 heteroatoms. The molecule has 4 aromatic rings. The highest BCUT2D eigenvalue weighted by Gasteiger charge is 2.45. The lowest BCUT2D eigenvalue weighted by Crippen LogP contribution is -2.54. The van der Waals surface area contributed by atoms with E-state index in [0.29, 0.717) is 59.8 Å². The summed E-state index contributed by atoms with van der Waals surface area (Å²) in [6.45, 7) is 6.88. The van der Waals surface area contributed by atoms with E-state index in [1.54, 1.807) is 68.2 Å². The number of amides is 10. The van der Waals surface area contributed by atoms with Crippen LogP contribution >= 0.6 is 0 Å². The Morgan fingerprint density at radius 2 is 1.65 bits per heavy atom. The van der Waals surface area contributed by atoms with Crippen molar-refractivity contribution in [2.45, 2.75) is 135 Å². The van der Waals surface area contributed by atoms with Crippen LogP contribution in [0.3, 0.4) is 0 Å². The molecule has 3 saturated heterocycles. The third-order valence-electron chi connectivity index (χ3n) is 16.2. The molecule has 4 aliphatic heterocycles. The molecule has 0 radical (unpaired) electrons. The van der Waals surface area contributed by atoms with Crippen LogP contribution in [0.25, 0.3) is 0 Å². The summed E-state index contributed by atoms with van der Waals surface area (Å²) in [4.78, 5) is 127. The number of carbonyl (C=O) groups is 9. The SMILES string of the molecule is CC(C)[C@H](NC(=O)CCCCCN1C(=O)CCC1=O)C(=O)N[C@@H](CCCNC(N)=O)C(=O)Nc1ccc(COC(=O)N(C)CC(=O)Nc2cc(C3(Cc4nncn4C)COC3)cc(N3Cc4c(cc(CN5CCC[C@H](C)C5)cc4C(F)(F)F)C3=O)n2)cc1. The lowest BCUT2D eigenvalue weighted by atomic mass is 9.75. The number of piperidine rings is 1. The van der Waals surface area contributed by atoms with Gasteiger partial charge in [-0.2, -0.15) is 13.2 Å². The van der Waals surface area contributed by atoms with Crippen LogP contribution in [0.5, 0.6) is 0 Å². The number of unbranched alkanes of at least 4 members (excludes halogenated alkanes) is 2. The van der Waals surface area contributed by atoms with Crippen LogP contribution in [0.4, 0.5) is 40.1 Å². The number of rotatable bonds is 27. The Morgan fingerprint density at radius 1 is 0.909 bits per heavy atom. The highest BCUT2D eigenvalue weighted by molar-refractivity contribution is 6.10. The van der Waals surface area contributed by atoms with Gasteiger partial charge in [0.1, 0.15) is 49.0 Å². The third kappa shape index (κ3) is 17.0. The predicted octanol–water partition coefficient (Wildman–Crippen LogP) is 5.06. The van der Waals surface area contributed by atoms with Gasteiger partial charge in [0.2, 0.25) is 35.4 Å². The highest BCUT2D eigenvalue weighted by atomic mass is 19.4. The number of nitrogens with zero attached hydrogens (tertiary/aromatic N) is 8. The topological polar surface area (TPSA) is 315 Å². The zero-order valence-electron chi connectivity index (χ0n) is 50.1. The minimum atomic E-state index is -4.76. The Balaban J connectivity index is 0.880. The van der Waals surface area contributed by atoms with Crippen molar-refractivity contribution in [2.75, 3.05) is 68.5 Å². The number of nitrogens with two attached hydrogens (primary N) is 1. The number of hydrogen-bond donors (Lipinski definition) is 6. The van der Waals surface area contributed by atoms with Crippen LogP contribution in [0, 0.1) is 11.8 Å². The first kappa shape index (κ1) is 65.4. The number of hydrogen-bond acceptors (Lipinski definition) is 15. The molecule has 474 valence electrons. The van der Waals surface area contributed by atoms with E-state index in [1.807, 2.05) is 0 Å². The molecule has 2 aromatic carbocycles. The van der Waals surface area contributed by atoms with Gasteiger partial charge in [-0.15, -0.1) is 10.2 Å². The number of ether oxygens (including phenoxy) is 2. The number of likely N-dealkylation sites (tertiary alicyclic amines) is 2. The molecule has 3 fully saturated rings. The summed E-state index contributed by atoms with van der Waals surface area (Å²) in [5.41, 5.74) is 5.06. The predicted molar refractivity (Wildman–Crippen MR) is 314 cm³/mol. The number of alkyl halides is 3. The first-order chi connectivity index (χ1) is 41.9. The van der Waals surface area contributed by atoms with Gasteiger partial charge in [-0.25, -0.2) is 14.6 Å². The Morgan fingerprint density at radius 3 is 2.30 bits per heavy atom. The summed E-state index contributed by atoms with van der Waals surface area (Å²) in [5.74, 6) is -2.83. The van der Waals surface area contributed by atoms with E-state index < -0.39 is 78.1 Å². The summed E-state index contributed by atoms with van der Waals surface area (Å²) in [6, 6.07) is 9.24. The third-order valence-corrected chi connectivity index (χ3v) is 16.2. The fourth-order valence-corrected chi connectivity index (χ4v) is 11.3. The number of nitrogens with one attached hydrogen (secondary N) is 5. The Labute approximate surface area is 507 Å². The number of anilines is 3. The largest absolute Gasteiger partial charge is 0.445 e. The number of pyridine rings is 1. The van der Waals surface area contributed by atoms with Crippen LogP contribution in [0.15, 0.2) is 54.9 Å². The van der Waals surface area contributed by atoms with Gasteiger partial charge in [-0.1, -0.05) is 39.3 Å². The monoisotopic (exact) mass is 1230 g/mol. The molecule has 0 saturated carbocycles. The fraction of sp³-hybridized carbons (Fsp3) is 0.533. The summed E-state index contributed by atoms with van der Waals surface area (Å²) in [7, 11) is 3.11. The van der Waals surface area contributed by atoms with Crippen LogP contribution in [0.1, 0.15) is 129 Å². The van der Waals surface area contributed by atoms with Crippen molar-refractivity contribution in [1.29, 1.82) is 0 Å². The molecule has 0 spiro atoms. The number of carbonyl (C=O) groups excluding carboxylic acids is 9. The average molecular weight is 1230 g/mol. The van der Waals surface area contributed by atoms with Crippen LogP contribution in [0.2, 0.25) is 0 Å². The maximum atomic E-state index is 14.9. The highest BCUT2D eigenvalue weighted by Crippen LogP contribution is 2.42. The van der Waals surface area contributed by atoms with Gasteiger partial charge in [0.15, 0.2) is 0 Å². The molecule has 10 amide bonds. The quantitative estimate of drug-likeness (QED) is 0.0336. The number of likely N-dealkylation sites (N-methyl/N-ethyl adjacent to an activating group) is 1. The van der Waals surface area contributed by atoms with Gasteiger partial charge >= 0.3 is 18.3 Å². The number of urea groups is 1. The minimum absolute atomic E-state index is 0.00919. The number of aromatic nitrogens is 4. The molecule has 0 unspecified atom stereocenters. The molecule has 88 heavy (non-hydrogen) atoms. The molecule has 4 aliphatic rings. The molecular formula is C60H77F3N14O11. The van der Waals surface area contributed by atoms with Crippen LogP contribution in [-0.4, -0.2) is 153 Å². The molecular weight excluding hydrogens is 1150 g/mol. The first-order valence-corrected chi connectivity index (χ1v) is 29.6. The molecule has 7 N–H and O–H groups in total. The number of aryl methyl sites for hydroxylation is 1. The van der Waals surface area contributed by atoms with Gasteiger partial charge in [0.05, 0.1) is 25.3 Å². The van der Waals surface area contributed by atoms with Crippen LogP contribution < -0.4 is 37.2 Å². The van der Waals surface area contributed by atoms with Gasteiger partial charge in [0, 0.05) is 82.6 Å². The van der Waals surface area contributed by atoms with E-state index in [-0.39, 0.29) is 118 Å².